The molecule has 0 bridgehead atoms. The van der Waals surface area contributed by atoms with E-state index in [1.54, 1.807) is 24.3 Å². The lowest BCUT2D eigenvalue weighted by Crippen LogP contribution is -2.32. The predicted octanol–water partition coefficient (Wildman–Crippen LogP) is 4.82. The van der Waals surface area contributed by atoms with Crippen LogP contribution in [0.2, 0.25) is 0 Å². The standard InChI is InChI=1S/C20H22F2N2O3S2/c21-20(22)28-18-11-4-3-10-17(18)19(25)23-15-8-7-9-16(14-15)29(26,27)24-12-5-1-2-6-13-24/h3-4,7-11,14,20H,1-2,5-6,12-13H2,(H,23,25). The number of rotatable bonds is 6. The van der Waals surface area contributed by atoms with Crippen molar-refractivity contribution in [2.24, 2.45) is 0 Å². The molecule has 1 amide bonds. The van der Waals surface area contributed by atoms with Crippen LogP contribution in [-0.2, 0) is 10.0 Å². The Bertz CT molecular complexity index is 960. The summed E-state index contributed by atoms with van der Waals surface area (Å²) in [5.74, 6) is -3.22. The Morgan fingerprint density at radius 1 is 1.00 bits per heavy atom. The molecule has 0 atom stereocenters. The van der Waals surface area contributed by atoms with E-state index >= 15 is 0 Å². The summed E-state index contributed by atoms with van der Waals surface area (Å²) in [5.41, 5.74) is 0.404. The highest BCUT2D eigenvalue weighted by atomic mass is 32.2. The van der Waals surface area contributed by atoms with Gasteiger partial charge in [-0.25, -0.2) is 8.42 Å². The van der Waals surface area contributed by atoms with E-state index in [1.165, 1.54) is 28.6 Å². The van der Waals surface area contributed by atoms with Crippen LogP contribution >= 0.6 is 11.8 Å². The lowest BCUT2D eigenvalue weighted by atomic mass is 10.2. The third-order valence-electron chi connectivity index (χ3n) is 4.64. The number of nitrogens with one attached hydrogen (secondary N) is 1. The van der Waals surface area contributed by atoms with Gasteiger partial charge in [0.25, 0.3) is 11.7 Å². The number of hydrogen-bond acceptors (Lipinski definition) is 4. The summed E-state index contributed by atoms with van der Waals surface area (Å²) in [6.45, 7) is 0.967. The zero-order valence-electron chi connectivity index (χ0n) is 15.7. The average molecular weight is 441 g/mol. The molecule has 3 rings (SSSR count). The molecule has 1 fully saturated rings. The lowest BCUT2D eigenvalue weighted by Gasteiger charge is -2.20. The third kappa shape index (κ3) is 5.55. The second-order valence-electron chi connectivity index (χ2n) is 6.67. The van der Waals surface area contributed by atoms with Crippen molar-refractivity contribution in [1.29, 1.82) is 0 Å². The molecule has 0 spiro atoms. The van der Waals surface area contributed by atoms with Crippen LogP contribution < -0.4 is 5.32 Å². The molecule has 1 saturated heterocycles. The first kappa shape index (κ1) is 21.7. The molecule has 5 nitrogen and oxygen atoms in total. The predicted molar refractivity (Wildman–Crippen MR) is 110 cm³/mol. The maximum absolute atomic E-state index is 12.9. The van der Waals surface area contributed by atoms with Crippen molar-refractivity contribution in [3.05, 3.63) is 54.1 Å². The molecule has 1 aliphatic rings. The second-order valence-corrected chi connectivity index (χ2v) is 9.64. The number of carbonyl (C=O) groups excluding carboxylic acids is 1. The maximum atomic E-state index is 12.9. The summed E-state index contributed by atoms with van der Waals surface area (Å²) in [6, 6.07) is 12.1. The van der Waals surface area contributed by atoms with E-state index in [-0.39, 0.29) is 15.4 Å². The molecule has 0 saturated carbocycles. The summed E-state index contributed by atoms with van der Waals surface area (Å²) in [6.07, 6.45) is 3.68. The van der Waals surface area contributed by atoms with Gasteiger partial charge in [0.2, 0.25) is 10.0 Å². The van der Waals surface area contributed by atoms with Gasteiger partial charge in [0.15, 0.2) is 0 Å². The first-order valence-corrected chi connectivity index (χ1v) is 11.7. The van der Waals surface area contributed by atoms with Crippen LogP contribution in [0, 0.1) is 0 Å². The molecule has 29 heavy (non-hydrogen) atoms. The van der Waals surface area contributed by atoms with E-state index < -0.39 is 21.7 Å². The molecule has 0 unspecified atom stereocenters. The van der Waals surface area contributed by atoms with Gasteiger partial charge in [-0.2, -0.15) is 13.1 Å². The Morgan fingerprint density at radius 3 is 2.38 bits per heavy atom. The van der Waals surface area contributed by atoms with Gasteiger partial charge in [-0.05, 0) is 43.2 Å². The Balaban J connectivity index is 1.81. The van der Waals surface area contributed by atoms with Crippen LogP contribution in [0.3, 0.4) is 0 Å². The van der Waals surface area contributed by atoms with Gasteiger partial charge in [0.1, 0.15) is 0 Å². The Labute approximate surface area is 173 Å². The first-order chi connectivity index (χ1) is 13.9. The number of benzene rings is 2. The SMILES string of the molecule is O=C(Nc1cccc(S(=O)(=O)N2CCCCCC2)c1)c1ccccc1SC(F)F. The van der Waals surface area contributed by atoms with Crippen molar-refractivity contribution in [2.45, 2.75) is 41.2 Å². The molecule has 2 aromatic carbocycles. The molecule has 1 N–H and O–H groups in total. The smallest absolute Gasteiger partial charge is 0.288 e. The monoisotopic (exact) mass is 440 g/mol. The Morgan fingerprint density at radius 2 is 1.69 bits per heavy atom. The van der Waals surface area contributed by atoms with Crippen LogP contribution in [0.15, 0.2) is 58.3 Å². The second kappa shape index (κ2) is 9.69. The Kier molecular flexibility index (Phi) is 7.26. The molecule has 156 valence electrons. The lowest BCUT2D eigenvalue weighted by molar-refractivity contribution is 0.102. The van der Waals surface area contributed by atoms with Gasteiger partial charge in [-0.1, -0.05) is 42.8 Å². The molecule has 0 aromatic heterocycles. The van der Waals surface area contributed by atoms with E-state index in [2.05, 4.69) is 5.32 Å². The van der Waals surface area contributed by atoms with E-state index in [0.717, 1.165) is 25.7 Å². The molecule has 0 aliphatic carbocycles. The van der Waals surface area contributed by atoms with Crippen LogP contribution in [0.4, 0.5) is 14.5 Å². The van der Waals surface area contributed by atoms with E-state index in [9.17, 15) is 22.0 Å². The van der Waals surface area contributed by atoms with Crippen molar-refractivity contribution in [2.75, 3.05) is 18.4 Å². The minimum Gasteiger partial charge on any atom is -0.322 e. The van der Waals surface area contributed by atoms with Gasteiger partial charge in [-0.15, -0.1) is 0 Å². The number of hydrogen-bond donors (Lipinski definition) is 1. The quantitative estimate of drug-likeness (QED) is 0.654. The van der Waals surface area contributed by atoms with Crippen LogP contribution in [0.1, 0.15) is 36.0 Å². The van der Waals surface area contributed by atoms with Gasteiger partial charge >= 0.3 is 0 Å². The topological polar surface area (TPSA) is 66.5 Å². The van der Waals surface area contributed by atoms with E-state index in [4.69, 9.17) is 0 Å². The summed E-state index contributed by atoms with van der Waals surface area (Å²) >= 11 is 0.295. The van der Waals surface area contributed by atoms with Gasteiger partial charge in [-0.3, -0.25) is 4.79 Å². The number of thioether (sulfide) groups is 1. The molecule has 1 heterocycles. The van der Waals surface area contributed by atoms with Crippen molar-refractivity contribution < 1.29 is 22.0 Å². The van der Waals surface area contributed by atoms with Crippen LogP contribution in [0.5, 0.6) is 0 Å². The number of halogens is 2. The van der Waals surface area contributed by atoms with Gasteiger partial charge in [0, 0.05) is 23.7 Å². The largest absolute Gasteiger partial charge is 0.322 e. The van der Waals surface area contributed by atoms with Crippen molar-refractivity contribution in [3.8, 4) is 0 Å². The zero-order valence-corrected chi connectivity index (χ0v) is 17.3. The van der Waals surface area contributed by atoms with Crippen molar-refractivity contribution >= 4 is 33.4 Å². The van der Waals surface area contributed by atoms with Gasteiger partial charge < -0.3 is 5.32 Å². The molecule has 2 aromatic rings. The minimum absolute atomic E-state index is 0.104. The highest BCUT2D eigenvalue weighted by Crippen LogP contribution is 2.29. The average Bonchev–Trinajstić information content (AvgIpc) is 2.98. The number of alkyl halides is 2. The normalized spacial score (nSPS) is 15.8. The van der Waals surface area contributed by atoms with Crippen LogP contribution in [0.25, 0.3) is 0 Å². The molecule has 0 radical (unpaired) electrons. The molecular weight excluding hydrogens is 418 g/mol. The fourth-order valence-corrected chi connectivity index (χ4v) is 5.42. The van der Waals surface area contributed by atoms with Crippen molar-refractivity contribution in [1.82, 2.24) is 4.31 Å². The minimum atomic E-state index is -3.65. The number of amides is 1. The molecule has 1 aliphatic heterocycles. The molecular formula is C20H22F2N2O3S2. The number of sulfonamides is 1. The highest BCUT2D eigenvalue weighted by Gasteiger charge is 2.25. The zero-order chi connectivity index (χ0) is 20.9. The maximum Gasteiger partial charge on any atom is 0.288 e. The number of nitrogens with zero attached hydrogens (tertiary/aromatic N) is 1. The van der Waals surface area contributed by atoms with Crippen LogP contribution in [-0.4, -0.2) is 37.5 Å². The number of carbonyl (C=O) groups is 1. The summed E-state index contributed by atoms with van der Waals surface area (Å²) in [4.78, 5) is 12.9. The van der Waals surface area contributed by atoms with Gasteiger partial charge in [0.05, 0.1) is 10.5 Å². The summed E-state index contributed by atoms with van der Waals surface area (Å²) < 4.78 is 52.9. The highest BCUT2D eigenvalue weighted by molar-refractivity contribution is 7.99. The number of anilines is 1. The third-order valence-corrected chi connectivity index (χ3v) is 7.33. The fraction of sp³-hybridized carbons (Fsp3) is 0.350. The summed E-state index contributed by atoms with van der Waals surface area (Å²) in [7, 11) is -3.65. The first-order valence-electron chi connectivity index (χ1n) is 9.33. The Hall–Kier alpha value is -1.97. The van der Waals surface area contributed by atoms with Crippen molar-refractivity contribution in [3.63, 3.8) is 0 Å². The molecule has 9 heteroatoms. The fourth-order valence-electron chi connectivity index (χ4n) is 3.22. The van der Waals surface area contributed by atoms with E-state index in [1.807, 2.05) is 0 Å². The summed E-state index contributed by atoms with van der Waals surface area (Å²) in [5, 5.41) is 2.62. The van der Waals surface area contributed by atoms with E-state index in [0.29, 0.717) is 30.5 Å².